The first-order valence-electron chi connectivity index (χ1n) is 2.69. The number of hydrogen-bond acceptors (Lipinski definition) is 0. The van der Waals surface area contributed by atoms with Crippen molar-refractivity contribution >= 4 is 19.8 Å². The van der Waals surface area contributed by atoms with Crippen molar-refractivity contribution in [1.29, 1.82) is 0 Å². The van der Waals surface area contributed by atoms with Crippen LogP contribution in [0, 0.1) is 18.8 Å². The van der Waals surface area contributed by atoms with Crippen LogP contribution in [0.4, 0.5) is 4.39 Å². The molecule has 0 aromatic heterocycles. The van der Waals surface area contributed by atoms with Gasteiger partial charge in [0.1, 0.15) is 0 Å². The van der Waals surface area contributed by atoms with Crippen LogP contribution in [0.25, 0.3) is 0 Å². The van der Waals surface area contributed by atoms with Crippen molar-refractivity contribution in [3.8, 4) is 0 Å². The Morgan fingerprint density at radius 1 is 1.50 bits per heavy atom. The third-order valence-corrected chi connectivity index (χ3v) is 0.930. The third-order valence-electron chi connectivity index (χ3n) is 0.930. The van der Waals surface area contributed by atoms with Crippen molar-refractivity contribution in [1.82, 2.24) is 0 Å². The molecule has 0 bridgehead atoms. The van der Waals surface area contributed by atoms with Crippen LogP contribution in [0.3, 0.4) is 0 Å². The number of halogens is 2. The topological polar surface area (TPSA) is 0 Å². The Labute approximate surface area is 81.1 Å². The first-order chi connectivity index (χ1) is 4.79. The summed E-state index contributed by atoms with van der Waals surface area (Å²) in [6.45, 7) is 1.87. The maximum atomic E-state index is 12.1. The van der Waals surface area contributed by atoms with Gasteiger partial charge in [-0.1, -0.05) is 6.92 Å². The molecular formula is C7H6FIZn. The van der Waals surface area contributed by atoms with Crippen molar-refractivity contribution in [2.75, 3.05) is 0 Å². The zero-order valence-corrected chi connectivity index (χ0v) is 10.8. The predicted molar refractivity (Wildman–Crippen MR) is 44.0 cm³/mol. The zero-order valence-electron chi connectivity index (χ0n) is 5.70. The normalized spacial score (nSPS) is 8.10. The van der Waals surface area contributed by atoms with Crippen LogP contribution >= 0.6 is 19.8 Å². The van der Waals surface area contributed by atoms with Crippen LogP contribution in [0.15, 0.2) is 18.2 Å². The van der Waals surface area contributed by atoms with Gasteiger partial charge < -0.3 is 0 Å². The summed E-state index contributed by atoms with van der Waals surface area (Å²) in [6.07, 6.45) is 0. The number of rotatable bonds is 0. The van der Waals surface area contributed by atoms with Crippen molar-refractivity contribution in [2.24, 2.45) is 0 Å². The van der Waals surface area contributed by atoms with E-state index in [0.29, 0.717) is 0 Å². The van der Waals surface area contributed by atoms with Gasteiger partial charge in [0.15, 0.2) is 0 Å². The molecule has 0 aliphatic heterocycles. The average molecular weight is 301 g/mol. The predicted octanol–water partition coefficient (Wildman–Crippen LogP) is 2.82. The summed E-state index contributed by atoms with van der Waals surface area (Å²) >= 11 is 3.62. The molecule has 0 fully saturated rings. The Bertz CT molecular complexity index is 152. The van der Waals surface area contributed by atoms with Crippen molar-refractivity contribution in [2.45, 2.75) is 6.92 Å². The molecule has 0 heterocycles. The molecule has 0 aliphatic carbocycles. The number of benzene rings is 1. The van der Waals surface area contributed by atoms with E-state index >= 15 is 0 Å². The fourth-order valence-electron chi connectivity index (χ4n) is 0.484. The monoisotopic (exact) mass is 300 g/mol. The van der Waals surface area contributed by atoms with Gasteiger partial charge in [-0.15, -0.1) is 12.1 Å². The second-order valence-electron chi connectivity index (χ2n) is 1.69. The molecule has 0 nitrogen and oxygen atoms in total. The summed E-state index contributed by atoms with van der Waals surface area (Å²) in [6, 6.07) is 7.17. The van der Waals surface area contributed by atoms with E-state index in [4.69, 9.17) is 0 Å². The van der Waals surface area contributed by atoms with Crippen LogP contribution in [-0.2, 0) is 14.8 Å². The number of hydrogen-bond donors (Lipinski definition) is 0. The van der Waals surface area contributed by atoms with Gasteiger partial charge in [-0.3, -0.25) is 4.39 Å². The fraction of sp³-hybridized carbons (Fsp3) is 0.143. The van der Waals surface area contributed by atoms with Crippen molar-refractivity contribution in [3.63, 3.8) is 0 Å². The molecule has 0 unspecified atom stereocenters. The Kier molecular flexibility index (Phi) is 6.54. The Morgan fingerprint density at radius 3 is 2.40 bits per heavy atom. The van der Waals surface area contributed by atoms with E-state index in [9.17, 15) is 4.39 Å². The van der Waals surface area contributed by atoms with Crippen LogP contribution in [0.5, 0.6) is 0 Å². The van der Waals surface area contributed by atoms with Crippen LogP contribution < -0.4 is 0 Å². The second kappa shape index (κ2) is 6.23. The summed E-state index contributed by atoms with van der Waals surface area (Å²) in [5.41, 5.74) is 0.964. The number of aryl methyl sites for hydroxylation is 1. The summed E-state index contributed by atoms with van der Waals surface area (Å²) in [7, 11) is 0. The van der Waals surface area contributed by atoms with Gasteiger partial charge in [-0.25, -0.2) is 0 Å². The summed E-state index contributed by atoms with van der Waals surface area (Å²) in [5.74, 6) is -0.226. The minimum atomic E-state index is -0.226. The average Bonchev–Trinajstić information content (AvgIpc) is 2.00. The second-order valence-corrected chi connectivity index (χ2v) is 1.69. The first kappa shape index (κ1) is 10.5. The molecule has 0 atom stereocenters. The Balaban J connectivity index is 0.000000371. The van der Waals surface area contributed by atoms with Gasteiger partial charge in [0.05, 0.1) is 0 Å². The van der Waals surface area contributed by atoms with E-state index in [1.807, 2.05) is 6.92 Å². The van der Waals surface area contributed by atoms with E-state index in [1.54, 1.807) is 6.07 Å². The van der Waals surface area contributed by atoms with Gasteiger partial charge in [0.2, 0.25) is 0 Å². The molecule has 50 valence electrons. The van der Waals surface area contributed by atoms with Gasteiger partial charge >= 0.3 is 34.5 Å². The molecule has 1 rings (SSSR count). The molecular weight excluding hydrogens is 295 g/mol. The summed E-state index contributed by atoms with van der Waals surface area (Å²) in [4.78, 5) is 0. The Hall–Kier alpha value is 0.503. The summed E-state index contributed by atoms with van der Waals surface area (Å²) < 4.78 is 12.1. The fourth-order valence-corrected chi connectivity index (χ4v) is 0.484. The molecule has 10 heavy (non-hydrogen) atoms. The molecule has 0 saturated heterocycles. The van der Waals surface area contributed by atoms with E-state index in [-0.39, 0.29) is 5.82 Å². The van der Waals surface area contributed by atoms with Crippen LogP contribution in [0.1, 0.15) is 5.56 Å². The zero-order chi connectivity index (χ0) is 7.98. The molecule has 3 heteroatoms. The van der Waals surface area contributed by atoms with Crippen LogP contribution in [0.2, 0.25) is 0 Å². The standard InChI is InChI=1S/C7H6F.HI.Zn/c1-6-2-4-7(8)5-3-6;;/h2,4-5H,1H3;1H;/q-1;;+2/p-1. The molecule has 0 spiro atoms. The maximum absolute atomic E-state index is 12.1. The molecule has 0 amide bonds. The van der Waals surface area contributed by atoms with E-state index < -0.39 is 0 Å². The molecule has 0 radical (unpaired) electrons. The quantitative estimate of drug-likeness (QED) is 0.393. The van der Waals surface area contributed by atoms with Gasteiger partial charge in [0, 0.05) is 5.82 Å². The molecule has 0 saturated carbocycles. The Morgan fingerprint density at radius 2 is 2.10 bits per heavy atom. The van der Waals surface area contributed by atoms with Gasteiger partial charge in [-0.05, 0) is 0 Å². The van der Waals surface area contributed by atoms with Gasteiger partial charge in [0.25, 0.3) is 0 Å². The van der Waals surface area contributed by atoms with E-state index in [2.05, 4.69) is 25.8 Å². The van der Waals surface area contributed by atoms with Crippen molar-refractivity contribution < 1.29 is 19.2 Å². The molecule has 0 aliphatic rings. The van der Waals surface area contributed by atoms with E-state index in [0.717, 1.165) is 5.56 Å². The minimum absolute atomic E-state index is 0.226. The molecule has 0 N–H and O–H groups in total. The van der Waals surface area contributed by atoms with E-state index in [1.165, 1.54) is 26.9 Å². The molecule has 1 aromatic carbocycles. The third kappa shape index (κ3) is 4.34. The first-order valence-corrected chi connectivity index (χ1v) is 11.7. The van der Waals surface area contributed by atoms with Crippen LogP contribution in [-0.4, -0.2) is 0 Å². The SMILES string of the molecule is Cc1[c-]cc(F)cc1.[Zn+][I]. The van der Waals surface area contributed by atoms with Crippen molar-refractivity contribution in [3.05, 3.63) is 35.6 Å². The molecule has 1 aromatic rings. The van der Waals surface area contributed by atoms with Gasteiger partial charge in [-0.2, -0.15) is 17.7 Å². The summed E-state index contributed by atoms with van der Waals surface area (Å²) in [5, 5.41) is 0.